The minimum atomic E-state index is -0.194. The summed E-state index contributed by atoms with van der Waals surface area (Å²) in [7, 11) is 0. The number of fused-ring (bicyclic) bond motifs is 1. The quantitative estimate of drug-likeness (QED) is 0.797. The molecule has 7 heteroatoms. The Bertz CT molecular complexity index is 819. The predicted octanol–water partition coefficient (Wildman–Crippen LogP) is 1.85. The van der Waals surface area contributed by atoms with E-state index in [1.807, 2.05) is 41.8 Å². The maximum absolute atomic E-state index is 12.3. The van der Waals surface area contributed by atoms with Crippen molar-refractivity contribution in [3.8, 4) is 5.75 Å². The van der Waals surface area contributed by atoms with Crippen molar-refractivity contribution in [3.05, 3.63) is 64.1 Å². The molecule has 0 aliphatic carbocycles. The van der Waals surface area contributed by atoms with Gasteiger partial charge in [-0.3, -0.25) is 4.79 Å². The summed E-state index contributed by atoms with van der Waals surface area (Å²) >= 11 is 0. The molecule has 27 heavy (non-hydrogen) atoms. The molecule has 2 saturated heterocycles. The summed E-state index contributed by atoms with van der Waals surface area (Å²) in [5.74, 6) is 0.359. The van der Waals surface area contributed by atoms with E-state index in [1.54, 1.807) is 6.20 Å². The third-order valence-electron chi connectivity index (χ3n) is 4.91. The smallest absolute Gasteiger partial charge is 0.223 e. The summed E-state index contributed by atoms with van der Waals surface area (Å²) in [5.41, 5.74) is 1.64. The Morgan fingerprint density at radius 3 is 2.81 bits per heavy atom. The molecule has 0 amide bonds. The van der Waals surface area contributed by atoms with Gasteiger partial charge >= 0.3 is 0 Å². The van der Waals surface area contributed by atoms with Crippen LogP contribution in [-0.2, 0) is 32.1 Å². The van der Waals surface area contributed by atoms with E-state index in [9.17, 15) is 4.79 Å². The molecule has 0 N–H and O–H groups in total. The third kappa shape index (κ3) is 4.06. The summed E-state index contributed by atoms with van der Waals surface area (Å²) in [6, 6.07) is 11.3. The second-order valence-corrected chi connectivity index (χ2v) is 6.67. The van der Waals surface area contributed by atoms with Crippen LogP contribution in [0.25, 0.3) is 0 Å². The Morgan fingerprint density at radius 2 is 1.96 bits per heavy atom. The summed E-state index contributed by atoms with van der Waals surface area (Å²) in [6.45, 7) is 3.70. The van der Waals surface area contributed by atoms with E-state index in [-0.39, 0.29) is 37.3 Å². The van der Waals surface area contributed by atoms with Gasteiger partial charge in [-0.2, -0.15) is 0 Å². The zero-order valence-electron chi connectivity index (χ0n) is 15.2. The first kappa shape index (κ1) is 18.2. The molecule has 7 nitrogen and oxygen atoms in total. The topological polar surface area (TPSA) is 68.2 Å². The van der Waals surface area contributed by atoms with Crippen LogP contribution >= 0.6 is 0 Å². The number of nitrogens with zero attached hydrogens (tertiary/aromatic N) is 1. The lowest BCUT2D eigenvalue weighted by molar-refractivity contribution is -0.302. The molecule has 3 unspecified atom stereocenters. The van der Waals surface area contributed by atoms with Crippen molar-refractivity contribution in [1.82, 2.24) is 4.57 Å². The molecular weight excluding hydrogens is 350 g/mol. The van der Waals surface area contributed by atoms with Gasteiger partial charge in [-0.1, -0.05) is 30.3 Å². The van der Waals surface area contributed by atoms with Gasteiger partial charge in [-0.25, -0.2) is 0 Å². The second kappa shape index (κ2) is 8.22. The first-order valence-corrected chi connectivity index (χ1v) is 9.01. The molecule has 1 aromatic heterocycles. The lowest BCUT2D eigenvalue weighted by Crippen LogP contribution is -2.54. The van der Waals surface area contributed by atoms with Gasteiger partial charge in [0, 0.05) is 12.3 Å². The van der Waals surface area contributed by atoms with Crippen LogP contribution in [0.3, 0.4) is 0 Å². The maximum atomic E-state index is 12.3. The fourth-order valence-electron chi connectivity index (χ4n) is 3.40. The van der Waals surface area contributed by atoms with Crippen LogP contribution in [-0.4, -0.2) is 43.1 Å². The van der Waals surface area contributed by atoms with Crippen LogP contribution < -0.4 is 10.2 Å². The lowest BCUT2D eigenvalue weighted by Gasteiger charge is -2.40. The predicted molar refractivity (Wildman–Crippen MR) is 96.5 cm³/mol. The minimum absolute atomic E-state index is 0.132. The van der Waals surface area contributed by atoms with E-state index >= 15 is 0 Å². The second-order valence-electron chi connectivity index (χ2n) is 6.67. The van der Waals surface area contributed by atoms with Crippen LogP contribution in [0.5, 0.6) is 5.75 Å². The van der Waals surface area contributed by atoms with Crippen molar-refractivity contribution in [2.24, 2.45) is 0 Å². The molecular formula is C20H23NO6. The van der Waals surface area contributed by atoms with Crippen molar-refractivity contribution in [2.45, 2.75) is 38.4 Å². The molecule has 2 fully saturated rings. The highest BCUT2D eigenvalue weighted by molar-refractivity contribution is 5.28. The van der Waals surface area contributed by atoms with E-state index in [0.717, 1.165) is 11.3 Å². The van der Waals surface area contributed by atoms with Crippen molar-refractivity contribution in [2.75, 3.05) is 20.2 Å². The van der Waals surface area contributed by atoms with Crippen LogP contribution in [0.4, 0.5) is 0 Å². The number of ether oxygens (including phenoxy) is 5. The molecule has 3 heterocycles. The first-order chi connectivity index (χ1) is 13.2. The monoisotopic (exact) mass is 373 g/mol. The Balaban J connectivity index is 1.50. The molecule has 1 aromatic carbocycles. The molecule has 3 atom stereocenters. The Labute approximate surface area is 157 Å². The molecule has 144 valence electrons. The maximum Gasteiger partial charge on any atom is 0.223 e. The summed E-state index contributed by atoms with van der Waals surface area (Å²) in [6.07, 6.45) is 1.25. The van der Waals surface area contributed by atoms with Crippen molar-refractivity contribution in [3.63, 3.8) is 0 Å². The average Bonchev–Trinajstić information content (AvgIpc) is 2.71. The van der Waals surface area contributed by atoms with Gasteiger partial charge in [0.1, 0.15) is 38.5 Å². The summed E-state index contributed by atoms with van der Waals surface area (Å²) in [5, 5.41) is 0. The van der Waals surface area contributed by atoms with Gasteiger partial charge < -0.3 is 28.3 Å². The average molecular weight is 373 g/mol. The molecule has 0 spiro atoms. The third-order valence-corrected chi connectivity index (χ3v) is 4.91. The normalized spacial score (nSPS) is 25.0. The SMILES string of the molecule is Cc1c(OCc2ccccc2)c(=O)ccn1CC1OCOC2COCOC21. The Morgan fingerprint density at radius 1 is 1.11 bits per heavy atom. The summed E-state index contributed by atoms with van der Waals surface area (Å²) < 4.78 is 30.1. The van der Waals surface area contributed by atoms with Crippen LogP contribution in [0.15, 0.2) is 47.4 Å². The number of hydrogen-bond acceptors (Lipinski definition) is 6. The van der Waals surface area contributed by atoms with Crippen molar-refractivity contribution in [1.29, 1.82) is 0 Å². The van der Waals surface area contributed by atoms with Crippen LogP contribution in [0.2, 0.25) is 0 Å². The Kier molecular flexibility index (Phi) is 5.54. The Hall–Kier alpha value is -2.19. The molecule has 2 aromatic rings. The van der Waals surface area contributed by atoms with Gasteiger partial charge in [-0.15, -0.1) is 0 Å². The molecule has 2 aliphatic rings. The minimum Gasteiger partial charge on any atom is -0.483 e. The molecule has 4 rings (SSSR count). The number of aromatic nitrogens is 1. The van der Waals surface area contributed by atoms with Gasteiger partial charge in [0.15, 0.2) is 5.75 Å². The number of pyridine rings is 1. The summed E-state index contributed by atoms with van der Waals surface area (Å²) in [4.78, 5) is 12.3. The van der Waals surface area contributed by atoms with Crippen molar-refractivity contribution >= 4 is 0 Å². The van der Waals surface area contributed by atoms with Crippen LogP contribution in [0, 0.1) is 6.92 Å². The standard InChI is InChI=1S/C20H23NO6/c1-14-19(24-10-15-5-3-2-4-6-15)16(22)7-8-21(14)9-17-20-18(26-13-25-17)11-23-12-27-20/h2-8,17-18,20H,9-13H2,1H3. The van der Waals surface area contributed by atoms with Gasteiger partial charge in [0.25, 0.3) is 0 Å². The van der Waals surface area contributed by atoms with E-state index in [4.69, 9.17) is 23.7 Å². The van der Waals surface area contributed by atoms with Gasteiger partial charge in [0.2, 0.25) is 5.43 Å². The van der Waals surface area contributed by atoms with E-state index < -0.39 is 0 Å². The van der Waals surface area contributed by atoms with Crippen molar-refractivity contribution < 1.29 is 23.7 Å². The fourth-order valence-corrected chi connectivity index (χ4v) is 3.40. The largest absolute Gasteiger partial charge is 0.483 e. The van der Waals surface area contributed by atoms with Crippen LogP contribution in [0.1, 0.15) is 11.3 Å². The first-order valence-electron chi connectivity index (χ1n) is 9.01. The molecule has 2 aliphatic heterocycles. The zero-order chi connectivity index (χ0) is 18.6. The highest BCUT2D eigenvalue weighted by atomic mass is 16.7. The highest BCUT2D eigenvalue weighted by Gasteiger charge is 2.39. The highest BCUT2D eigenvalue weighted by Crippen LogP contribution is 2.24. The molecule has 0 radical (unpaired) electrons. The number of benzene rings is 1. The molecule has 0 bridgehead atoms. The van der Waals surface area contributed by atoms with Gasteiger partial charge in [0.05, 0.1) is 18.8 Å². The number of hydrogen-bond donors (Lipinski definition) is 0. The molecule has 0 saturated carbocycles. The lowest BCUT2D eigenvalue weighted by atomic mass is 10.1. The van der Waals surface area contributed by atoms with E-state index in [1.165, 1.54) is 6.07 Å². The van der Waals surface area contributed by atoms with E-state index in [2.05, 4.69) is 0 Å². The van der Waals surface area contributed by atoms with Gasteiger partial charge in [-0.05, 0) is 12.5 Å². The number of rotatable bonds is 5. The van der Waals surface area contributed by atoms with E-state index in [0.29, 0.717) is 25.5 Å². The fraction of sp³-hybridized carbons (Fsp3) is 0.450. The zero-order valence-corrected chi connectivity index (χ0v) is 15.2.